The molecule has 1 heterocycles. The minimum Gasteiger partial charge on any atom is -0.301 e. The van der Waals surface area contributed by atoms with Gasteiger partial charge in [0.2, 0.25) is 0 Å². The molecule has 0 saturated carbocycles. The van der Waals surface area contributed by atoms with Crippen LogP contribution < -0.4 is 0 Å². The second kappa shape index (κ2) is 3.71. The highest BCUT2D eigenvalue weighted by molar-refractivity contribution is 6.30. The van der Waals surface area contributed by atoms with E-state index in [1.165, 1.54) is 0 Å². The van der Waals surface area contributed by atoms with Crippen molar-refractivity contribution in [3.8, 4) is 0 Å². The van der Waals surface area contributed by atoms with Gasteiger partial charge in [0.1, 0.15) is 6.67 Å². The van der Waals surface area contributed by atoms with Crippen molar-refractivity contribution in [2.24, 2.45) is 0 Å². The van der Waals surface area contributed by atoms with E-state index >= 15 is 0 Å². The largest absolute Gasteiger partial charge is 0.301 e. The van der Waals surface area contributed by atoms with Gasteiger partial charge in [-0.05, 0) is 0 Å². The predicted molar refractivity (Wildman–Crippen MR) is 42.0 cm³/mol. The molecule has 0 atom stereocenters. The predicted octanol–water partition coefficient (Wildman–Crippen LogP) is 0.987. The Bertz CT molecular complexity index is 225. The van der Waals surface area contributed by atoms with Gasteiger partial charge < -0.3 is 4.84 Å². The first-order chi connectivity index (χ1) is 5.22. The lowest BCUT2D eigenvalue weighted by Gasteiger charge is -2.12. The van der Waals surface area contributed by atoms with Crippen LogP contribution in [0.5, 0.6) is 0 Å². The van der Waals surface area contributed by atoms with Crippen LogP contribution in [0.3, 0.4) is 0 Å². The average molecular weight is 176 g/mol. The molecule has 0 N–H and O–H groups in total. The fraction of sp³-hybridized carbons (Fsp3) is 0.500. The van der Waals surface area contributed by atoms with Gasteiger partial charge in [-0.1, -0.05) is 11.6 Å². The highest BCUT2D eigenvalue weighted by atomic mass is 35.5. The zero-order valence-corrected chi connectivity index (χ0v) is 7.25. The Morgan fingerprint density at radius 3 is 3.00 bits per heavy atom. The van der Waals surface area contributed by atoms with E-state index in [1.807, 2.05) is 7.05 Å². The molecule has 11 heavy (non-hydrogen) atoms. The van der Waals surface area contributed by atoms with Crippen molar-refractivity contribution in [2.45, 2.75) is 6.67 Å². The summed E-state index contributed by atoms with van der Waals surface area (Å²) >= 11 is 5.64. The van der Waals surface area contributed by atoms with Gasteiger partial charge in [0, 0.05) is 13.2 Å². The first kappa shape index (κ1) is 8.52. The Kier molecular flexibility index (Phi) is 2.87. The van der Waals surface area contributed by atoms with Crippen LogP contribution in [0.4, 0.5) is 0 Å². The fourth-order valence-corrected chi connectivity index (χ4v) is 0.834. The molecule has 0 aliphatic rings. The van der Waals surface area contributed by atoms with E-state index in [0.29, 0.717) is 11.7 Å². The second-order valence-corrected chi connectivity index (χ2v) is 2.59. The summed E-state index contributed by atoms with van der Waals surface area (Å²) in [7, 11) is 3.42. The molecule has 4 nitrogen and oxygen atoms in total. The van der Waals surface area contributed by atoms with Gasteiger partial charge in [-0.15, -0.1) is 0 Å². The molecule has 0 saturated heterocycles. The monoisotopic (exact) mass is 175 g/mol. The van der Waals surface area contributed by atoms with Crippen LogP contribution in [0.1, 0.15) is 0 Å². The zero-order chi connectivity index (χ0) is 8.27. The summed E-state index contributed by atoms with van der Waals surface area (Å²) in [6, 6.07) is 0. The molecule has 62 valence electrons. The number of aromatic nitrogens is 2. The lowest BCUT2D eigenvalue weighted by atomic mass is 10.7. The zero-order valence-electron chi connectivity index (χ0n) is 6.49. The number of halogens is 1. The molecular weight excluding hydrogens is 166 g/mol. The van der Waals surface area contributed by atoms with Crippen molar-refractivity contribution in [3.05, 3.63) is 17.4 Å². The molecule has 0 aliphatic carbocycles. The van der Waals surface area contributed by atoms with Gasteiger partial charge in [-0.25, -0.2) is 0 Å². The number of rotatable bonds is 3. The maximum absolute atomic E-state index is 5.64. The minimum atomic E-state index is 0.573. The number of hydroxylamine groups is 2. The first-order valence-electron chi connectivity index (χ1n) is 3.15. The van der Waals surface area contributed by atoms with E-state index in [2.05, 4.69) is 5.10 Å². The van der Waals surface area contributed by atoms with Gasteiger partial charge in [0.25, 0.3) is 0 Å². The molecule has 0 fully saturated rings. The summed E-state index contributed by atoms with van der Waals surface area (Å²) in [6.45, 7) is 0.573. The summed E-state index contributed by atoms with van der Waals surface area (Å²) in [4.78, 5) is 4.89. The summed E-state index contributed by atoms with van der Waals surface area (Å²) in [5.41, 5.74) is 0. The van der Waals surface area contributed by atoms with E-state index in [1.54, 1.807) is 29.2 Å². The molecule has 0 bridgehead atoms. The van der Waals surface area contributed by atoms with E-state index in [-0.39, 0.29) is 0 Å². The maximum Gasteiger partial charge on any atom is 0.116 e. The summed E-state index contributed by atoms with van der Waals surface area (Å²) in [6.07, 6.45) is 3.32. The normalized spacial score (nSPS) is 10.9. The SMILES string of the molecule is CON(C)Cn1cc(Cl)cn1. The maximum atomic E-state index is 5.64. The highest BCUT2D eigenvalue weighted by Gasteiger charge is 1.98. The Morgan fingerprint density at radius 2 is 2.55 bits per heavy atom. The van der Waals surface area contributed by atoms with Crippen LogP contribution in [0, 0.1) is 0 Å². The van der Waals surface area contributed by atoms with E-state index < -0.39 is 0 Å². The van der Waals surface area contributed by atoms with E-state index in [9.17, 15) is 0 Å². The fourth-order valence-electron chi connectivity index (χ4n) is 0.677. The van der Waals surface area contributed by atoms with Crippen LogP contribution in [-0.2, 0) is 11.5 Å². The lowest BCUT2D eigenvalue weighted by Crippen LogP contribution is -2.20. The molecule has 0 aliphatic heterocycles. The van der Waals surface area contributed by atoms with Gasteiger partial charge in [-0.3, -0.25) is 4.68 Å². The minimum absolute atomic E-state index is 0.573. The van der Waals surface area contributed by atoms with Gasteiger partial charge in [0.05, 0.1) is 18.3 Å². The van der Waals surface area contributed by atoms with Crippen molar-refractivity contribution >= 4 is 11.6 Å². The molecule has 0 unspecified atom stereocenters. The Labute approximate surface area is 70.3 Å². The lowest BCUT2D eigenvalue weighted by molar-refractivity contribution is -0.134. The van der Waals surface area contributed by atoms with Gasteiger partial charge in [0.15, 0.2) is 0 Å². The second-order valence-electron chi connectivity index (χ2n) is 2.15. The summed E-state index contributed by atoms with van der Waals surface area (Å²) in [5, 5.41) is 6.24. The molecule has 1 aromatic rings. The van der Waals surface area contributed by atoms with E-state index in [0.717, 1.165) is 0 Å². The molecule has 1 aromatic heterocycles. The van der Waals surface area contributed by atoms with Crippen molar-refractivity contribution in [1.82, 2.24) is 14.8 Å². The highest BCUT2D eigenvalue weighted by Crippen LogP contribution is 2.04. The van der Waals surface area contributed by atoms with Gasteiger partial charge in [-0.2, -0.15) is 10.2 Å². The molecule has 5 heteroatoms. The van der Waals surface area contributed by atoms with Crippen molar-refractivity contribution < 1.29 is 4.84 Å². The summed E-state index contributed by atoms with van der Waals surface area (Å²) < 4.78 is 1.69. The van der Waals surface area contributed by atoms with Crippen LogP contribution >= 0.6 is 11.6 Å². The van der Waals surface area contributed by atoms with Crippen molar-refractivity contribution in [1.29, 1.82) is 0 Å². The smallest absolute Gasteiger partial charge is 0.116 e. The first-order valence-corrected chi connectivity index (χ1v) is 3.53. The average Bonchev–Trinajstić information content (AvgIpc) is 2.35. The van der Waals surface area contributed by atoms with Crippen molar-refractivity contribution in [2.75, 3.05) is 14.2 Å². The van der Waals surface area contributed by atoms with Crippen molar-refractivity contribution in [3.63, 3.8) is 0 Å². The molecule has 0 spiro atoms. The molecule has 0 amide bonds. The molecule has 0 radical (unpaired) electrons. The number of hydrogen-bond acceptors (Lipinski definition) is 3. The van der Waals surface area contributed by atoms with Crippen LogP contribution in [0.25, 0.3) is 0 Å². The third kappa shape index (κ3) is 2.49. The topological polar surface area (TPSA) is 30.3 Å². The Hall–Kier alpha value is -0.580. The van der Waals surface area contributed by atoms with E-state index in [4.69, 9.17) is 16.4 Å². The van der Waals surface area contributed by atoms with Crippen LogP contribution in [0.15, 0.2) is 12.4 Å². The van der Waals surface area contributed by atoms with Gasteiger partial charge >= 0.3 is 0 Å². The quantitative estimate of drug-likeness (QED) is 0.642. The number of nitrogens with zero attached hydrogens (tertiary/aromatic N) is 3. The summed E-state index contributed by atoms with van der Waals surface area (Å²) in [5.74, 6) is 0. The molecule has 1 rings (SSSR count). The third-order valence-corrected chi connectivity index (χ3v) is 1.45. The standard InChI is InChI=1S/C6H10ClN3O/c1-9(11-2)5-10-4-6(7)3-8-10/h3-4H,5H2,1-2H3. The van der Waals surface area contributed by atoms with Crippen LogP contribution in [-0.4, -0.2) is 29.0 Å². The molecular formula is C6H10ClN3O. The van der Waals surface area contributed by atoms with Crippen LogP contribution in [0.2, 0.25) is 5.02 Å². The number of hydrogen-bond donors (Lipinski definition) is 0. The third-order valence-electron chi connectivity index (χ3n) is 1.26. The Morgan fingerprint density at radius 1 is 1.82 bits per heavy atom. The molecule has 0 aromatic carbocycles. The Balaban J connectivity index is 2.50.